The van der Waals surface area contributed by atoms with E-state index in [1.165, 1.54) is 43.7 Å². The second kappa shape index (κ2) is 13.4. The quantitative estimate of drug-likeness (QED) is 0.169. The van der Waals surface area contributed by atoms with Crippen molar-refractivity contribution in [2.45, 2.75) is 0 Å². The van der Waals surface area contributed by atoms with Crippen LogP contribution in [0.3, 0.4) is 0 Å². The second-order valence-corrected chi connectivity index (χ2v) is 15.3. The molecule has 2 heterocycles. The van der Waals surface area contributed by atoms with Gasteiger partial charge in [-0.3, -0.25) is 0 Å². The summed E-state index contributed by atoms with van der Waals surface area (Å²) in [6.07, 6.45) is 0. The number of aromatic nitrogens is 1. The van der Waals surface area contributed by atoms with Crippen molar-refractivity contribution in [3.63, 3.8) is 0 Å². The molecule has 0 atom stereocenters. The molecule has 0 bridgehead atoms. The van der Waals surface area contributed by atoms with Crippen LogP contribution in [-0.4, -0.2) is 4.57 Å². The van der Waals surface area contributed by atoms with Crippen molar-refractivity contribution in [1.29, 1.82) is 0 Å². The van der Waals surface area contributed by atoms with Gasteiger partial charge in [0.25, 0.3) is 0 Å². The van der Waals surface area contributed by atoms with Crippen molar-refractivity contribution in [2.24, 2.45) is 0 Å². The van der Waals surface area contributed by atoms with Crippen molar-refractivity contribution < 1.29 is 4.42 Å². The predicted molar refractivity (Wildman–Crippen MR) is 249 cm³/mol. The Morgan fingerprint density at radius 1 is 0.373 bits per heavy atom. The van der Waals surface area contributed by atoms with Crippen LogP contribution in [0.25, 0.3) is 93.2 Å². The van der Waals surface area contributed by atoms with E-state index in [9.17, 15) is 0 Å². The summed E-state index contributed by atoms with van der Waals surface area (Å²) in [5.74, 6) is 0. The van der Waals surface area contributed by atoms with Crippen molar-refractivity contribution in [2.75, 3.05) is 4.90 Å². The molecule has 59 heavy (non-hydrogen) atoms. The zero-order valence-corrected chi connectivity index (χ0v) is 32.1. The minimum absolute atomic E-state index is 0.865. The van der Waals surface area contributed by atoms with E-state index < -0.39 is 0 Å². The summed E-state index contributed by atoms with van der Waals surface area (Å²) in [4.78, 5) is 2.41. The molecule has 276 valence electrons. The van der Waals surface area contributed by atoms with Crippen LogP contribution >= 0.6 is 0 Å². The number of hydrogen-bond acceptors (Lipinski definition) is 2. The van der Waals surface area contributed by atoms with Crippen molar-refractivity contribution >= 4 is 82.4 Å². The van der Waals surface area contributed by atoms with Gasteiger partial charge in [0.2, 0.25) is 0 Å². The average Bonchev–Trinajstić information content (AvgIpc) is 3.86. The first-order valence-corrected chi connectivity index (χ1v) is 20.2. The van der Waals surface area contributed by atoms with Gasteiger partial charge < -0.3 is 13.9 Å². The molecule has 12 rings (SSSR count). The van der Waals surface area contributed by atoms with Gasteiger partial charge in [-0.1, -0.05) is 158 Å². The number of nitrogens with zero attached hydrogens (tertiary/aromatic N) is 2. The molecule has 0 unspecified atom stereocenters. The highest BCUT2D eigenvalue weighted by Gasteiger charge is 2.23. The largest absolute Gasteiger partial charge is 0.455 e. The van der Waals surface area contributed by atoms with Crippen LogP contribution in [-0.2, 0) is 0 Å². The molecule has 0 aliphatic heterocycles. The van der Waals surface area contributed by atoms with Crippen LogP contribution in [0.15, 0.2) is 223 Å². The highest BCUT2D eigenvalue weighted by molar-refractivity contribution is 6.26. The SMILES string of the molecule is c1ccc(-c2ccc(N(c3ccc4ccccc4c3)c3cccc4ccc5oc6c(-c7cccc8c7c7ccccc7n8-c7ccccc7)cccc6c5c34)cc2)cc1. The van der Waals surface area contributed by atoms with E-state index in [2.05, 4.69) is 228 Å². The lowest BCUT2D eigenvalue weighted by molar-refractivity contribution is 0.670. The van der Waals surface area contributed by atoms with Gasteiger partial charge in [-0.15, -0.1) is 0 Å². The molecule has 10 aromatic carbocycles. The molecule has 3 heteroatoms. The fourth-order valence-electron chi connectivity index (χ4n) is 9.32. The molecular formula is C56H36N2O. The topological polar surface area (TPSA) is 21.3 Å². The molecule has 3 nitrogen and oxygen atoms in total. The summed E-state index contributed by atoms with van der Waals surface area (Å²) in [7, 11) is 0. The number of anilines is 3. The van der Waals surface area contributed by atoms with Crippen LogP contribution in [0.4, 0.5) is 17.1 Å². The molecule has 0 aliphatic rings. The summed E-state index contributed by atoms with van der Waals surface area (Å²) in [6, 6.07) is 78.5. The third kappa shape index (κ3) is 5.29. The number of para-hydroxylation sites is 3. The van der Waals surface area contributed by atoms with Gasteiger partial charge in [-0.2, -0.15) is 0 Å². The zero-order chi connectivity index (χ0) is 38.9. The van der Waals surface area contributed by atoms with Gasteiger partial charge >= 0.3 is 0 Å². The van der Waals surface area contributed by atoms with Crippen molar-refractivity contribution in [1.82, 2.24) is 4.57 Å². The maximum Gasteiger partial charge on any atom is 0.143 e. The summed E-state index contributed by atoms with van der Waals surface area (Å²) >= 11 is 0. The zero-order valence-electron chi connectivity index (χ0n) is 32.1. The van der Waals surface area contributed by atoms with Crippen LogP contribution in [0.2, 0.25) is 0 Å². The highest BCUT2D eigenvalue weighted by Crippen LogP contribution is 2.48. The summed E-state index contributed by atoms with van der Waals surface area (Å²) in [5, 5.41) is 9.35. The Morgan fingerprint density at radius 2 is 1.00 bits per heavy atom. The Balaban J connectivity index is 1.11. The van der Waals surface area contributed by atoms with Crippen LogP contribution < -0.4 is 4.90 Å². The van der Waals surface area contributed by atoms with Gasteiger partial charge in [-0.05, 0) is 93.5 Å². The number of furan rings is 1. The third-order valence-corrected chi connectivity index (χ3v) is 11.9. The smallest absolute Gasteiger partial charge is 0.143 e. The third-order valence-electron chi connectivity index (χ3n) is 11.9. The minimum Gasteiger partial charge on any atom is -0.455 e. The van der Waals surface area contributed by atoms with E-state index in [1.54, 1.807) is 0 Å². The maximum absolute atomic E-state index is 7.04. The summed E-state index contributed by atoms with van der Waals surface area (Å²) in [5.41, 5.74) is 13.1. The first kappa shape index (κ1) is 33.3. The summed E-state index contributed by atoms with van der Waals surface area (Å²) in [6.45, 7) is 0. The van der Waals surface area contributed by atoms with Gasteiger partial charge in [-0.25, -0.2) is 0 Å². The van der Waals surface area contributed by atoms with Crippen molar-refractivity contribution in [3.8, 4) is 27.9 Å². The van der Waals surface area contributed by atoms with E-state index in [0.29, 0.717) is 0 Å². The van der Waals surface area contributed by atoms with Gasteiger partial charge in [0.15, 0.2) is 0 Å². The molecule has 0 spiro atoms. The van der Waals surface area contributed by atoms with Gasteiger partial charge in [0.05, 0.1) is 16.7 Å². The van der Waals surface area contributed by atoms with Crippen molar-refractivity contribution in [3.05, 3.63) is 218 Å². The fourth-order valence-corrected chi connectivity index (χ4v) is 9.32. The number of fused-ring (bicyclic) bond motifs is 9. The monoisotopic (exact) mass is 752 g/mol. The number of hydrogen-bond donors (Lipinski definition) is 0. The standard InChI is InChI=1S/C56H36N2O/c1-3-14-37(15-4-1)39-28-32-43(33-29-39)57(44-34-30-38-16-7-8-17-41(38)36-44)50-26-11-18-40-31-35-52-55(53(40)50)48-24-12-23-46(56(48)59-52)45-22-13-27-51-54(45)47-21-9-10-25-49(47)58(51)42-19-5-2-6-20-42/h1-36H. The molecule has 0 N–H and O–H groups in total. The van der Waals surface area contributed by atoms with E-state index in [0.717, 1.165) is 66.6 Å². The lowest BCUT2D eigenvalue weighted by Gasteiger charge is -2.27. The van der Waals surface area contributed by atoms with E-state index in [1.807, 2.05) is 0 Å². The molecule has 0 saturated carbocycles. The molecular weight excluding hydrogens is 717 g/mol. The normalized spacial score (nSPS) is 11.7. The Hall–Kier alpha value is -7.88. The molecule has 12 aromatic rings. The van der Waals surface area contributed by atoms with Gasteiger partial charge in [0.1, 0.15) is 11.2 Å². The van der Waals surface area contributed by atoms with E-state index in [4.69, 9.17) is 4.42 Å². The Morgan fingerprint density at radius 3 is 1.86 bits per heavy atom. The number of benzene rings is 10. The molecule has 0 aliphatic carbocycles. The Labute approximate surface area is 341 Å². The van der Waals surface area contributed by atoms with Gasteiger partial charge in [0, 0.05) is 49.6 Å². The fraction of sp³-hybridized carbons (Fsp3) is 0. The first-order chi connectivity index (χ1) is 29.3. The second-order valence-electron chi connectivity index (χ2n) is 15.3. The lowest BCUT2D eigenvalue weighted by Crippen LogP contribution is -2.10. The minimum atomic E-state index is 0.865. The predicted octanol–water partition coefficient (Wildman–Crippen LogP) is 15.8. The lowest BCUT2D eigenvalue weighted by atomic mass is 9.96. The highest BCUT2D eigenvalue weighted by atomic mass is 16.3. The first-order valence-electron chi connectivity index (χ1n) is 20.2. The van der Waals surface area contributed by atoms with E-state index >= 15 is 0 Å². The maximum atomic E-state index is 7.04. The number of rotatable bonds is 6. The van der Waals surface area contributed by atoms with E-state index in [-0.39, 0.29) is 0 Å². The van der Waals surface area contributed by atoms with Crippen LogP contribution in [0.1, 0.15) is 0 Å². The Kier molecular flexibility index (Phi) is 7.54. The molecule has 0 amide bonds. The van der Waals surface area contributed by atoms with Crippen LogP contribution in [0.5, 0.6) is 0 Å². The molecule has 0 saturated heterocycles. The molecule has 0 radical (unpaired) electrons. The molecule has 0 fully saturated rings. The molecule has 2 aromatic heterocycles. The average molecular weight is 753 g/mol. The van der Waals surface area contributed by atoms with Crippen LogP contribution in [0, 0.1) is 0 Å². The summed E-state index contributed by atoms with van der Waals surface area (Å²) < 4.78 is 9.42. The Bertz CT molecular complexity index is 3540.